The number of thiazole rings is 1. The zero-order chi connectivity index (χ0) is 19.2. The predicted octanol–water partition coefficient (Wildman–Crippen LogP) is 4.33. The summed E-state index contributed by atoms with van der Waals surface area (Å²) in [5.74, 6) is 0.851. The molecule has 0 fully saturated rings. The molecule has 6 nitrogen and oxygen atoms in total. The monoisotopic (exact) mass is 386 g/mol. The Hall–Kier alpha value is -2.64. The highest BCUT2D eigenvalue weighted by Gasteiger charge is 2.12. The Kier molecular flexibility index (Phi) is 6.26. The van der Waals surface area contributed by atoms with Crippen LogP contribution in [0, 0.1) is 6.92 Å². The number of fused-ring (bicyclic) bond motifs is 1. The van der Waals surface area contributed by atoms with E-state index in [0.29, 0.717) is 31.1 Å². The molecule has 1 amide bonds. The van der Waals surface area contributed by atoms with E-state index in [2.05, 4.69) is 19.1 Å². The van der Waals surface area contributed by atoms with Crippen molar-refractivity contribution in [2.45, 2.75) is 26.7 Å². The van der Waals surface area contributed by atoms with Crippen LogP contribution in [0.1, 0.15) is 25.3 Å². The molecule has 0 aliphatic carbocycles. The van der Waals surface area contributed by atoms with Crippen molar-refractivity contribution in [1.82, 2.24) is 10.5 Å². The summed E-state index contributed by atoms with van der Waals surface area (Å²) < 4.78 is 12.6. The van der Waals surface area contributed by atoms with E-state index in [1.54, 1.807) is 16.8 Å². The first-order valence-corrected chi connectivity index (χ1v) is 9.62. The summed E-state index contributed by atoms with van der Waals surface area (Å²) in [5, 5.41) is 9.44. The largest absolute Gasteiger partial charge is 0.490 e. The fraction of sp³-hybridized carbons (Fsp3) is 0.300. The van der Waals surface area contributed by atoms with Crippen molar-refractivity contribution in [3.63, 3.8) is 0 Å². The normalized spacial score (nSPS) is 10.8. The molecule has 3 aromatic rings. The number of nitrogens with zero attached hydrogens (tertiary/aromatic N) is 1. The summed E-state index contributed by atoms with van der Waals surface area (Å²) in [6.07, 6.45) is 0.695. The molecule has 0 radical (unpaired) electrons. The van der Waals surface area contributed by atoms with E-state index < -0.39 is 5.91 Å². The average molecular weight is 386 g/mol. The van der Waals surface area contributed by atoms with Crippen molar-refractivity contribution < 1.29 is 19.5 Å². The number of aryl methyl sites for hydroxylation is 1. The van der Waals surface area contributed by atoms with Crippen LogP contribution in [-0.4, -0.2) is 29.3 Å². The quantitative estimate of drug-likeness (QED) is 0.342. The van der Waals surface area contributed by atoms with Gasteiger partial charge >= 0.3 is 0 Å². The number of aromatic nitrogens is 1. The smallest absolute Gasteiger partial charge is 0.243 e. The number of ether oxygens (including phenoxy) is 2. The first kappa shape index (κ1) is 19.1. The highest BCUT2D eigenvalue weighted by Crippen LogP contribution is 2.36. The van der Waals surface area contributed by atoms with E-state index in [-0.39, 0.29) is 6.42 Å². The Morgan fingerprint density at radius 2 is 2.04 bits per heavy atom. The van der Waals surface area contributed by atoms with Crippen molar-refractivity contribution in [2.75, 3.05) is 13.2 Å². The van der Waals surface area contributed by atoms with Gasteiger partial charge in [0.2, 0.25) is 5.91 Å². The molecule has 0 saturated carbocycles. The average Bonchev–Trinajstić information content (AvgIpc) is 3.09. The third kappa shape index (κ3) is 4.75. The lowest BCUT2D eigenvalue weighted by Gasteiger charge is -2.12. The lowest BCUT2D eigenvalue weighted by Crippen LogP contribution is -2.18. The Morgan fingerprint density at radius 1 is 1.19 bits per heavy atom. The summed E-state index contributed by atoms with van der Waals surface area (Å²) in [4.78, 5) is 15.8. The molecule has 0 saturated heterocycles. The van der Waals surface area contributed by atoms with Gasteiger partial charge in [-0.3, -0.25) is 10.0 Å². The van der Waals surface area contributed by atoms with Gasteiger partial charge in [0, 0.05) is 12.0 Å². The number of hydrogen-bond acceptors (Lipinski definition) is 6. The van der Waals surface area contributed by atoms with E-state index in [1.807, 2.05) is 31.2 Å². The number of carbonyl (C=O) groups excluding carboxylic acids is 1. The van der Waals surface area contributed by atoms with Crippen LogP contribution < -0.4 is 15.0 Å². The topological polar surface area (TPSA) is 80.7 Å². The Balaban J connectivity index is 1.78. The summed E-state index contributed by atoms with van der Waals surface area (Å²) in [6.45, 7) is 4.86. The fourth-order valence-corrected chi connectivity index (χ4v) is 3.71. The van der Waals surface area contributed by atoms with Gasteiger partial charge in [0.1, 0.15) is 5.01 Å². The third-order valence-electron chi connectivity index (χ3n) is 3.96. The molecule has 2 aromatic carbocycles. The standard InChI is InChI=1S/C20H22N2O4S/c1-3-25-17-12-14(7-9-16(17)26-10-4-5-19(23)22-24)20-21-15-8-6-13(2)11-18(15)27-20/h6-9,11-12,24H,3-5,10H2,1-2H3,(H,22,23). The molecule has 27 heavy (non-hydrogen) atoms. The van der Waals surface area contributed by atoms with Crippen molar-refractivity contribution in [2.24, 2.45) is 0 Å². The maximum Gasteiger partial charge on any atom is 0.243 e. The lowest BCUT2D eigenvalue weighted by atomic mass is 10.2. The van der Waals surface area contributed by atoms with Gasteiger partial charge in [-0.15, -0.1) is 11.3 Å². The molecule has 0 aliphatic rings. The summed E-state index contributed by atoms with van der Waals surface area (Å²) in [5.41, 5.74) is 4.79. The molecule has 0 aliphatic heterocycles. The van der Waals surface area contributed by atoms with Gasteiger partial charge in [-0.05, 0) is 56.2 Å². The van der Waals surface area contributed by atoms with E-state index in [0.717, 1.165) is 20.8 Å². The second-order valence-electron chi connectivity index (χ2n) is 6.07. The minimum absolute atomic E-state index is 0.198. The van der Waals surface area contributed by atoms with Gasteiger partial charge in [0.15, 0.2) is 11.5 Å². The van der Waals surface area contributed by atoms with Crippen LogP contribution in [0.25, 0.3) is 20.8 Å². The molecule has 0 spiro atoms. The second-order valence-corrected chi connectivity index (χ2v) is 7.10. The third-order valence-corrected chi connectivity index (χ3v) is 5.03. The van der Waals surface area contributed by atoms with Crippen LogP contribution in [0.2, 0.25) is 0 Å². The fourth-order valence-electron chi connectivity index (χ4n) is 2.65. The predicted molar refractivity (Wildman–Crippen MR) is 106 cm³/mol. The second kappa shape index (κ2) is 8.83. The number of benzene rings is 2. The van der Waals surface area contributed by atoms with Gasteiger partial charge in [-0.25, -0.2) is 10.5 Å². The Bertz CT molecular complexity index is 939. The van der Waals surface area contributed by atoms with Crippen LogP contribution in [0.3, 0.4) is 0 Å². The van der Waals surface area contributed by atoms with E-state index in [4.69, 9.17) is 19.7 Å². The van der Waals surface area contributed by atoms with Crippen LogP contribution in [-0.2, 0) is 4.79 Å². The minimum Gasteiger partial charge on any atom is -0.490 e. The molecule has 0 atom stereocenters. The van der Waals surface area contributed by atoms with Gasteiger partial charge in [0.25, 0.3) is 0 Å². The van der Waals surface area contributed by atoms with Crippen molar-refractivity contribution in [3.05, 3.63) is 42.0 Å². The molecule has 1 heterocycles. The molecular weight excluding hydrogens is 364 g/mol. The summed E-state index contributed by atoms with van der Waals surface area (Å²) in [6, 6.07) is 12.0. The van der Waals surface area contributed by atoms with Gasteiger partial charge in [-0.2, -0.15) is 0 Å². The lowest BCUT2D eigenvalue weighted by molar-refractivity contribution is -0.129. The molecular formula is C20H22N2O4S. The minimum atomic E-state index is -0.426. The number of hydrogen-bond donors (Lipinski definition) is 2. The molecule has 3 rings (SSSR count). The van der Waals surface area contributed by atoms with Crippen LogP contribution in [0.15, 0.2) is 36.4 Å². The number of nitrogens with one attached hydrogen (secondary N) is 1. The van der Waals surface area contributed by atoms with Gasteiger partial charge < -0.3 is 9.47 Å². The zero-order valence-corrected chi connectivity index (χ0v) is 16.1. The first-order chi connectivity index (χ1) is 13.1. The summed E-state index contributed by atoms with van der Waals surface area (Å²) >= 11 is 1.65. The van der Waals surface area contributed by atoms with Gasteiger partial charge in [-0.1, -0.05) is 6.07 Å². The maximum absolute atomic E-state index is 11.0. The zero-order valence-electron chi connectivity index (χ0n) is 15.3. The van der Waals surface area contributed by atoms with Crippen molar-refractivity contribution in [1.29, 1.82) is 0 Å². The van der Waals surface area contributed by atoms with Crippen molar-refractivity contribution >= 4 is 27.5 Å². The number of carbonyl (C=O) groups is 1. The molecule has 0 bridgehead atoms. The molecule has 1 aromatic heterocycles. The number of amides is 1. The highest BCUT2D eigenvalue weighted by atomic mass is 32.1. The molecule has 2 N–H and O–H groups in total. The van der Waals surface area contributed by atoms with E-state index >= 15 is 0 Å². The maximum atomic E-state index is 11.0. The van der Waals surface area contributed by atoms with E-state index in [1.165, 1.54) is 5.56 Å². The Morgan fingerprint density at radius 3 is 2.81 bits per heavy atom. The molecule has 142 valence electrons. The van der Waals surface area contributed by atoms with Crippen molar-refractivity contribution in [3.8, 4) is 22.1 Å². The van der Waals surface area contributed by atoms with Crippen LogP contribution in [0.5, 0.6) is 11.5 Å². The Labute approximate surface area is 161 Å². The molecule has 0 unspecified atom stereocenters. The number of hydroxylamine groups is 1. The SMILES string of the molecule is CCOc1cc(-c2nc3ccc(C)cc3s2)ccc1OCCCC(=O)NO. The van der Waals surface area contributed by atoms with Crippen LogP contribution >= 0.6 is 11.3 Å². The number of rotatable bonds is 8. The molecule has 7 heteroatoms. The summed E-state index contributed by atoms with van der Waals surface area (Å²) in [7, 11) is 0. The first-order valence-electron chi connectivity index (χ1n) is 8.81. The van der Waals surface area contributed by atoms with Crippen LogP contribution in [0.4, 0.5) is 0 Å². The van der Waals surface area contributed by atoms with E-state index in [9.17, 15) is 4.79 Å². The van der Waals surface area contributed by atoms with Gasteiger partial charge in [0.05, 0.1) is 23.4 Å². The highest BCUT2D eigenvalue weighted by molar-refractivity contribution is 7.21.